The maximum absolute atomic E-state index is 14.1. The summed E-state index contributed by atoms with van der Waals surface area (Å²) in [6.45, 7) is -0.577. The maximum atomic E-state index is 14.1. The first-order valence-electron chi connectivity index (χ1n) is 7.14. The Morgan fingerprint density at radius 2 is 1.96 bits per heavy atom. The van der Waals surface area contributed by atoms with E-state index in [1.165, 1.54) is 24.4 Å². The molecule has 0 spiro atoms. The van der Waals surface area contributed by atoms with Crippen LogP contribution in [0.2, 0.25) is 5.02 Å². The number of halogens is 3. The van der Waals surface area contributed by atoms with E-state index in [0.717, 1.165) is 5.56 Å². The first kappa shape index (κ1) is 16.8. The molecule has 0 amide bonds. The van der Waals surface area contributed by atoms with Crippen molar-refractivity contribution >= 4 is 39.7 Å². The predicted molar refractivity (Wildman–Crippen MR) is 93.3 cm³/mol. The van der Waals surface area contributed by atoms with E-state index in [1.807, 2.05) is 0 Å². The largest absolute Gasteiger partial charge is 0.388 e. The van der Waals surface area contributed by atoms with E-state index in [2.05, 4.69) is 4.99 Å². The Kier molecular flexibility index (Phi) is 4.81. The van der Waals surface area contributed by atoms with Gasteiger partial charge >= 0.3 is 0 Å². The molecule has 1 aliphatic rings. The van der Waals surface area contributed by atoms with Crippen molar-refractivity contribution in [1.29, 1.82) is 0 Å². The van der Waals surface area contributed by atoms with E-state index >= 15 is 0 Å². The lowest BCUT2D eigenvalue weighted by atomic mass is 9.95. The van der Waals surface area contributed by atoms with E-state index < -0.39 is 18.2 Å². The second kappa shape index (κ2) is 6.85. The Morgan fingerprint density at radius 1 is 1.17 bits per heavy atom. The van der Waals surface area contributed by atoms with Crippen LogP contribution in [0.5, 0.6) is 0 Å². The summed E-state index contributed by atoms with van der Waals surface area (Å²) in [5.74, 6) is -0.830. The number of carbonyl (C=O) groups is 1. The number of fused-ring (bicyclic) bond motifs is 1. The zero-order valence-corrected chi connectivity index (χ0v) is 13.9. The topological polar surface area (TPSA) is 49.7 Å². The summed E-state index contributed by atoms with van der Waals surface area (Å²) in [6, 6.07) is 9.19. The molecule has 122 valence electrons. The lowest BCUT2D eigenvalue weighted by Gasteiger charge is -2.11. The second-order valence-corrected chi connectivity index (χ2v) is 6.15. The van der Waals surface area contributed by atoms with Gasteiger partial charge < -0.3 is 5.11 Å². The second-order valence-electron chi connectivity index (χ2n) is 5.31. The Morgan fingerprint density at radius 3 is 2.71 bits per heavy atom. The molecule has 2 aromatic carbocycles. The van der Waals surface area contributed by atoms with Crippen molar-refractivity contribution in [3.05, 3.63) is 75.7 Å². The number of nitrogens with zero attached hydrogens (tertiary/aromatic N) is 1. The molecule has 0 unspecified atom stereocenters. The van der Waals surface area contributed by atoms with Crippen molar-refractivity contribution in [2.45, 2.75) is 6.42 Å². The highest BCUT2D eigenvalue weighted by molar-refractivity contribution is 6.49. The molecule has 1 N–H and O–H groups in total. The molecule has 0 bridgehead atoms. The predicted octanol–water partition coefficient (Wildman–Crippen LogP) is 4.24. The first-order valence-corrected chi connectivity index (χ1v) is 7.90. The van der Waals surface area contributed by atoms with Crippen LogP contribution in [0.15, 0.2) is 47.6 Å². The molecular formula is C18H12Cl2FNO2. The van der Waals surface area contributed by atoms with Gasteiger partial charge in [-0.15, -0.1) is 0 Å². The number of hydrogen-bond donors (Lipinski definition) is 1. The number of rotatable bonds is 3. The minimum absolute atomic E-state index is 0.284. The van der Waals surface area contributed by atoms with Crippen molar-refractivity contribution in [2.75, 3.05) is 6.61 Å². The Bertz CT molecular complexity index is 891. The van der Waals surface area contributed by atoms with Gasteiger partial charge in [-0.05, 0) is 35.4 Å². The van der Waals surface area contributed by atoms with E-state index in [-0.39, 0.29) is 12.0 Å². The molecule has 0 saturated carbocycles. The Labute approximate surface area is 148 Å². The molecule has 0 saturated heterocycles. The summed E-state index contributed by atoms with van der Waals surface area (Å²) in [6.07, 6.45) is 1.74. The number of hydrogen-bond acceptors (Lipinski definition) is 3. The zero-order valence-electron chi connectivity index (χ0n) is 12.4. The molecular weight excluding hydrogens is 352 g/mol. The highest BCUT2D eigenvalue weighted by Gasteiger charge is 2.18. The number of aliphatic hydroxyl groups is 1. The summed E-state index contributed by atoms with van der Waals surface area (Å²) in [5, 5.41) is 9.82. The van der Waals surface area contributed by atoms with Gasteiger partial charge in [0.05, 0.1) is 10.7 Å². The molecule has 24 heavy (non-hydrogen) atoms. The van der Waals surface area contributed by atoms with Gasteiger partial charge in [0.2, 0.25) is 0 Å². The number of benzene rings is 2. The van der Waals surface area contributed by atoms with Crippen molar-refractivity contribution < 1.29 is 14.3 Å². The highest BCUT2D eigenvalue weighted by atomic mass is 35.5. The number of aliphatic hydroxyl groups excluding tert-OH is 1. The molecule has 0 aromatic heterocycles. The fourth-order valence-electron chi connectivity index (χ4n) is 2.55. The van der Waals surface area contributed by atoms with Gasteiger partial charge in [0.15, 0.2) is 5.78 Å². The quantitative estimate of drug-likeness (QED) is 0.829. The molecule has 1 aliphatic heterocycles. The van der Waals surface area contributed by atoms with Crippen LogP contribution in [0.25, 0.3) is 5.03 Å². The SMILES string of the molecule is O=C(CO)c1ccc2c(c1)CC(c1cc(Cl)ccc1F)=NC=C2Cl. The third-order valence-electron chi connectivity index (χ3n) is 3.76. The van der Waals surface area contributed by atoms with Crippen molar-refractivity contribution in [2.24, 2.45) is 4.99 Å². The first-order chi connectivity index (χ1) is 11.5. The van der Waals surface area contributed by atoms with Crippen LogP contribution in [0.4, 0.5) is 4.39 Å². The van der Waals surface area contributed by atoms with Crippen LogP contribution in [0, 0.1) is 5.82 Å². The molecule has 6 heteroatoms. The van der Waals surface area contributed by atoms with Crippen molar-refractivity contribution in [3.63, 3.8) is 0 Å². The van der Waals surface area contributed by atoms with Crippen LogP contribution in [0.3, 0.4) is 0 Å². The normalized spacial score (nSPS) is 13.7. The van der Waals surface area contributed by atoms with Crippen molar-refractivity contribution in [3.8, 4) is 0 Å². The molecule has 3 rings (SSSR count). The number of ketones is 1. The van der Waals surface area contributed by atoms with Crippen LogP contribution in [-0.2, 0) is 6.42 Å². The summed E-state index contributed by atoms with van der Waals surface area (Å²) in [4.78, 5) is 16.0. The van der Waals surface area contributed by atoms with E-state index in [0.29, 0.717) is 26.9 Å². The van der Waals surface area contributed by atoms with Gasteiger partial charge in [0.25, 0.3) is 0 Å². The Hall–Kier alpha value is -2.01. The standard InChI is InChI=1S/C18H12Cl2FNO2/c19-12-2-4-16(21)14(7-12)17-6-11-5-10(18(24)9-23)1-3-13(11)15(20)8-22-17/h1-5,7-8,23H,6,9H2. The summed E-state index contributed by atoms with van der Waals surface area (Å²) in [7, 11) is 0. The third kappa shape index (κ3) is 3.26. The smallest absolute Gasteiger partial charge is 0.188 e. The molecule has 0 fully saturated rings. The molecule has 0 aliphatic carbocycles. The minimum Gasteiger partial charge on any atom is -0.388 e. The highest BCUT2D eigenvalue weighted by Crippen LogP contribution is 2.29. The molecule has 2 aromatic rings. The average molecular weight is 364 g/mol. The lowest BCUT2D eigenvalue weighted by molar-refractivity contribution is 0.0903. The average Bonchev–Trinajstić information content (AvgIpc) is 2.75. The van der Waals surface area contributed by atoms with Crippen LogP contribution in [0.1, 0.15) is 27.0 Å². The van der Waals surface area contributed by atoms with Gasteiger partial charge in [0, 0.05) is 28.8 Å². The molecule has 3 nitrogen and oxygen atoms in total. The van der Waals surface area contributed by atoms with Crippen LogP contribution < -0.4 is 0 Å². The van der Waals surface area contributed by atoms with Gasteiger partial charge in [-0.2, -0.15) is 0 Å². The summed E-state index contributed by atoms with van der Waals surface area (Å²) < 4.78 is 14.1. The molecule has 0 radical (unpaired) electrons. The molecule has 1 heterocycles. The van der Waals surface area contributed by atoms with Gasteiger partial charge in [-0.25, -0.2) is 4.39 Å². The zero-order chi connectivity index (χ0) is 17.3. The Balaban J connectivity index is 2.09. The van der Waals surface area contributed by atoms with E-state index in [9.17, 15) is 9.18 Å². The lowest BCUT2D eigenvalue weighted by Crippen LogP contribution is -2.10. The van der Waals surface area contributed by atoms with Gasteiger partial charge in [-0.1, -0.05) is 35.3 Å². The monoisotopic (exact) mass is 363 g/mol. The van der Waals surface area contributed by atoms with E-state index in [4.69, 9.17) is 28.3 Å². The fourth-order valence-corrected chi connectivity index (χ4v) is 2.96. The van der Waals surface area contributed by atoms with Crippen molar-refractivity contribution in [1.82, 2.24) is 0 Å². The van der Waals surface area contributed by atoms with E-state index in [1.54, 1.807) is 18.2 Å². The van der Waals surface area contributed by atoms with Crippen LogP contribution in [-0.4, -0.2) is 23.2 Å². The van der Waals surface area contributed by atoms with Gasteiger partial charge in [0.1, 0.15) is 12.4 Å². The maximum Gasteiger partial charge on any atom is 0.188 e. The minimum atomic E-state index is -0.577. The van der Waals surface area contributed by atoms with Crippen LogP contribution >= 0.6 is 23.2 Å². The number of carbonyl (C=O) groups excluding carboxylic acids is 1. The number of aliphatic imine (C=N–C) groups is 1. The third-order valence-corrected chi connectivity index (χ3v) is 4.30. The summed E-state index contributed by atoms with van der Waals surface area (Å²) >= 11 is 12.2. The fraction of sp³-hybridized carbons (Fsp3) is 0.111. The molecule has 0 atom stereocenters. The summed E-state index contributed by atoms with van der Waals surface area (Å²) in [5.41, 5.74) is 2.56. The number of Topliss-reactive ketones (excluding diaryl/α,β-unsaturated/α-hetero) is 1. The van der Waals surface area contributed by atoms with Gasteiger partial charge in [-0.3, -0.25) is 9.79 Å².